The largest absolute Gasteiger partial charge is 0.309 e. The molecule has 0 saturated heterocycles. The van der Waals surface area contributed by atoms with Crippen LogP contribution < -0.4 is 0 Å². The van der Waals surface area contributed by atoms with E-state index in [-0.39, 0.29) is 0 Å². The van der Waals surface area contributed by atoms with Crippen LogP contribution in [0.1, 0.15) is 0 Å². The highest BCUT2D eigenvalue weighted by Crippen LogP contribution is 2.46. The van der Waals surface area contributed by atoms with Crippen molar-refractivity contribution in [3.05, 3.63) is 188 Å². The minimum atomic E-state index is 0.642. The van der Waals surface area contributed by atoms with Gasteiger partial charge in [-0.1, -0.05) is 133 Å². The van der Waals surface area contributed by atoms with Gasteiger partial charge in [-0.3, -0.25) is 0 Å². The number of hydrogen-bond acceptors (Lipinski definition) is 4. The van der Waals surface area contributed by atoms with Gasteiger partial charge in [0.1, 0.15) is 0 Å². The van der Waals surface area contributed by atoms with Gasteiger partial charge in [0, 0.05) is 59.4 Å². The van der Waals surface area contributed by atoms with Crippen molar-refractivity contribution in [1.29, 1.82) is 0 Å². The molecule has 12 aromatic rings. The van der Waals surface area contributed by atoms with E-state index in [1.807, 2.05) is 72.0 Å². The maximum Gasteiger partial charge on any atom is 0.164 e. The van der Waals surface area contributed by atoms with Gasteiger partial charge in [0.15, 0.2) is 17.5 Å². The maximum atomic E-state index is 5.08. The van der Waals surface area contributed by atoms with Gasteiger partial charge in [-0.15, -0.1) is 11.3 Å². The molecule has 12 rings (SSSR count). The summed E-state index contributed by atoms with van der Waals surface area (Å²) in [6.07, 6.45) is 0. The van der Waals surface area contributed by atoms with E-state index in [1.165, 1.54) is 58.6 Å². The lowest BCUT2D eigenvalue weighted by atomic mass is 10.1. The van der Waals surface area contributed by atoms with Crippen LogP contribution in [-0.2, 0) is 0 Å². The van der Waals surface area contributed by atoms with Crippen LogP contribution in [0.4, 0.5) is 0 Å². The van der Waals surface area contributed by atoms with Gasteiger partial charge in [-0.25, -0.2) is 15.0 Å². The number of aromatic nitrogens is 5. The lowest BCUT2D eigenvalue weighted by Crippen LogP contribution is -2.00. The van der Waals surface area contributed by atoms with Gasteiger partial charge in [0.2, 0.25) is 0 Å². The predicted molar refractivity (Wildman–Crippen MR) is 238 cm³/mol. The highest BCUT2D eigenvalue weighted by Gasteiger charge is 2.22. The van der Waals surface area contributed by atoms with Crippen LogP contribution in [0.25, 0.3) is 109 Å². The second-order valence-electron chi connectivity index (χ2n) is 14.4. The maximum absolute atomic E-state index is 5.08. The van der Waals surface area contributed by atoms with Crippen molar-refractivity contribution in [1.82, 2.24) is 24.1 Å². The summed E-state index contributed by atoms with van der Waals surface area (Å²) in [6.45, 7) is 0. The lowest BCUT2D eigenvalue weighted by Gasteiger charge is -2.10. The van der Waals surface area contributed by atoms with Gasteiger partial charge in [-0.05, 0) is 54.6 Å². The third kappa shape index (κ3) is 4.91. The summed E-state index contributed by atoms with van der Waals surface area (Å²) >= 11 is 1.87. The van der Waals surface area contributed by atoms with Crippen LogP contribution >= 0.6 is 11.3 Å². The molecule has 0 atom stereocenters. The Hall–Kier alpha value is -7.41. The molecule has 0 saturated carbocycles. The van der Waals surface area contributed by atoms with E-state index in [2.05, 4.69) is 137 Å². The first-order valence-electron chi connectivity index (χ1n) is 19.1. The summed E-state index contributed by atoms with van der Waals surface area (Å²) in [6, 6.07) is 66.6. The Morgan fingerprint density at radius 1 is 0.368 bits per heavy atom. The smallest absolute Gasteiger partial charge is 0.164 e. The van der Waals surface area contributed by atoms with Crippen LogP contribution in [-0.4, -0.2) is 24.1 Å². The van der Waals surface area contributed by atoms with E-state index in [0.29, 0.717) is 17.5 Å². The normalized spacial score (nSPS) is 11.9. The molecule has 0 spiro atoms. The molecule has 8 aromatic carbocycles. The molecule has 4 aromatic heterocycles. The average Bonchev–Trinajstić information content (AvgIpc) is 3.95. The second kappa shape index (κ2) is 12.6. The van der Waals surface area contributed by atoms with Gasteiger partial charge < -0.3 is 9.13 Å². The summed E-state index contributed by atoms with van der Waals surface area (Å²) in [7, 11) is 0. The number of para-hydroxylation sites is 3. The summed E-state index contributed by atoms with van der Waals surface area (Å²) in [5.41, 5.74) is 9.91. The SMILES string of the molecule is c1ccc(-c2nc(-c3ccccc3)nc(-c3ccc4c(c3)c3ccc5sc6c(-n7c8ccccc8c8ccccc87)cccc6c5c3n4-c3ccccc3)n2)cc1. The fraction of sp³-hybridized carbons (Fsp3) is 0. The Balaban J connectivity index is 1.14. The molecule has 0 aliphatic rings. The number of rotatable bonds is 5. The minimum absolute atomic E-state index is 0.642. The van der Waals surface area contributed by atoms with E-state index >= 15 is 0 Å². The van der Waals surface area contributed by atoms with Gasteiger partial charge in [-0.2, -0.15) is 0 Å². The minimum Gasteiger partial charge on any atom is -0.309 e. The Labute approximate surface area is 331 Å². The predicted octanol–water partition coefficient (Wildman–Crippen LogP) is 13.4. The van der Waals surface area contributed by atoms with E-state index in [1.54, 1.807) is 0 Å². The van der Waals surface area contributed by atoms with Crippen LogP contribution in [0.2, 0.25) is 0 Å². The molecule has 6 heteroatoms. The molecule has 0 radical (unpaired) electrons. The monoisotopic (exact) mass is 745 g/mol. The molecule has 5 nitrogen and oxygen atoms in total. The van der Waals surface area contributed by atoms with Crippen molar-refractivity contribution in [3.8, 4) is 45.5 Å². The molecule has 0 bridgehead atoms. The Bertz CT molecular complexity index is 3400. The molecule has 0 unspecified atom stereocenters. The first-order valence-corrected chi connectivity index (χ1v) is 19.9. The van der Waals surface area contributed by atoms with E-state index in [9.17, 15) is 0 Å². The standard InChI is InChI=1S/C51H31N5S/c1-4-15-32(16-5-1)49-52-50(33-17-6-2-7-18-33)54-51(53-49)34-27-29-43-40(31-34)38-28-30-45-46(47(38)55(43)35-19-8-3-9-20-35)39-23-14-26-44(48(39)57-45)56-41-24-12-10-21-36(41)37-22-11-13-25-42(37)56/h1-31H. The highest BCUT2D eigenvalue weighted by atomic mass is 32.1. The number of nitrogens with zero attached hydrogens (tertiary/aromatic N) is 5. The number of thiophene rings is 1. The first kappa shape index (κ1) is 31.9. The third-order valence-electron chi connectivity index (χ3n) is 11.2. The summed E-state index contributed by atoms with van der Waals surface area (Å²) in [5.74, 6) is 1.94. The molecule has 0 aliphatic heterocycles. The molecule has 0 aliphatic carbocycles. The summed E-state index contributed by atoms with van der Waals surface area (Å²) < 4.78 is 7.40. The zero-order valence-corrected chi connectivity index (χ0v) is 31.4. The second-order valence-corrected chi connectivity index (χ2v) is 15.5. The van der Waals surface area contributed by atoms with Crippen molar-refractivity contribution in [3.63, 3.8) is 0 Å². The number of fused-ring (bicyclic) bond motifs is 10. The Morgan fingerprint density at radius 3 is 1.56 bits per heavy atom. The molecular weight excluding hydrogens is 715 g/mol. The Morgan fingerprint density at radius 2 is 0.912 bits per heavy atom. The van der Waals surface area contributed by atoms with Gasteiger partial charge in [0.25, 0.3) is 0 Å². The number of benzene rings is 8. The summed E-state index contributed by atoms with van der Waals surface area (Å²) in [4.78, 5) is 15.1. The van der Waals surface area contributed by atoms with E-state index < -0.39 is 0 Å². The van der Waals surface area contributed by atoms with Crippen LogP contribution in [0.5, 0.6) is 0 Å². The fourth-order valence-corrected chi connectivity index (χ4v) is 9.86. The molecular formula is C51H31N5S. The highest BCUT2D eigenvalue weighted by molar-refractivity contribution is 7.26. The van der Waals surface area contributed by atoms with E-state index in [0.717, 1.165) is 33.3 Å². The summed E-state index contributed by atoms with van der Waals surface area (Å²) in [5, 5.41) is 7.37. The van der Waals surface area contributed by atoms with Crippen molar-refractivity contribution in [2.75, 3.05) is 0 Å². The van der Waals surface area contributed by atoms with Crippen LogP contribution in [0.15, 0.2) is 188 Å². The van der Waals surface area contributed by atoms with Crippen LogP contribution in [0.3, 0.4) is 0 Å². The topological polar surface area (TPSA) is 48.5 Å². The van der Waals surface area contributed by atoms with Crippen LogP contribution in [0, 0.1) is 0 Å². The third-order valence-corrected chi connectivity index (χ3v) is 12.4. The van der Waals surface area contributed by atoms with E-state index in [4.69, 9.17) is 15.0 Å². The zero-order valence-electron chi connectivity index (χ0n) is 30.5. The fourth-order valence-electron chi connectivity index (χ4n) is 8.65. The first-order chi connectivity index (χ1) is 28.3. The van der Waals surface area contributed by atoms with Crippen molar-refractivity contribution < 1.29 is 0 Å². The quantitative estimate of drug-likeness (QED) is 0.176. The zero-order chi connectivity index (χ0) is 37.5. The molecule has 0 amide bonds. The number of hydrogen-bond donors (Lipinski definition) is 0. The molecule has 266 valence electrons. The van der Waals surface area contributed by atoms with Crippen molar-refractivity contribution >= 4 is 75.1 Å². The van der Waals surface area contributed by atoms with Crippen molar-refractivity contribution in [2.24, 2.45) is 0 Å². The van der Waals surface area contributed by atoms with Crippen molar-refractivity contribution in [2.45, 2.75) is 0 Å². The Kier molecular flexibility index (Phi) is 7.03. The lowest BCUT2D eigenvalue weighted by molar-refractivity contribution is 1.07. The van der Waals surface area contributed by atoms with Gasteiger partial charge >= 0.3 is 0 Å². The molecule has 57 heavy (non-hydrogen) atoms. The average molecular weight is 746 g/mol. The molecule has 0 N–H and O–H groups in total. The van der Waals surface area contributed by atoms with Gasteiger partial charge in [0.05, 0.1) is 32.5 Å². The molecule has 4 heterocycles. The molecule has 0 fully saturated rings.